The first-order chi connectivity index (χ1) is 13.0. The van der Waals surface area contributed by atoms with Gasteiger partial charge in [0.05, 0.1) is 16.7 Å². The van der Waals surface area contributed by atoms with Crippen molar-refractivity contribution in [3.05, 3.63) is 59.2 Å². The van der Waals surface area contributed by atoms with Gasteiger partial charge in [0.15, 0.2) is 5.78 Å². The number of aromatic nitrogens is 2. The quantitative estimate of drug-likeness (QED) is 0.668. The molecule has 136 valence electrons. The molecule has 1 aliphatic rings. The molecular formula is C20H19N5O2. The number of aliphatic imine (C=N–C) groups is 1. The molecule has 7 heteroatoms. The number of amides is 2. The number of ketones is 1. The molecule has 0 saturated carbocycles. The van der Waals surface area contributed by atoms with Crippen molar-refractivity contribution in [2.45, 2.75) is 19.9 Å². The highest BCUT2D eigenvalue weighted by Crippen LogP contribution is 2.23. The fraction of sp³-hybridized carbons (Fsp3) is 0.200. The molecular weight excluding hydrogens is 342 g/mol. The van der Waals surface area contributed by atoms with Crippen molar-refractivity contribution in [1.29, 1.82) is 0 Å². The van der Waals surface area contributed by atoms with Crippen molar-refractivity contribution in [3.63, 3.8) is 0 Å². The summed E-state index contributed by atoms with van der Waals surface area (Å²) >= 11 is 0. The lowest BCUT2D eigenvalue weighted by Crippen LogP contribution is -2.34. The van der Waals surface area contributed by atoms with Gasteiger partial charge < -0.3 is 10.3 Å². The topological polar surface area (TPSA) is 99.2 Å². The van der Waals surface area contributed by atoms with E-state index < -0.39 is 0 Å². The second-order valence-electron chi connectivity index (χ2n) is 6.70. The highest BCUT2D eigenvalue weighted by atomic mass is 16.2. The highest BCUT2D eigenvalue weighted by Gasteiger charge is 2.21. The van der Waals surface area contributed by atoms with Gasteiger partial charge in [-0.25, -0.2) is 9.78 Å². The van der Waals surface area contributed by atoms with E-state index in [1.807, 2.05) is 56.3 Å². The summed E-state index contributed by atoms with van der Waals surface area (Å²) in [5.41, 5.74) is 4.73. The number of hydrogen-bond acceptors (Lipinski definition) is 4. The molecule has 1 aromatic heterocycles. The minimum atomic E-state index is -0.312. The third kappa shape index (κ3) is 3.31. The summed E-state index contributed by atoms with van der Waals surface area (Å²) < 4.78 is 0. The van der Waals surface area contributed by atoms with Gasteiger partial charge in [-0.15, -0.1) is 0 Å². The Kier molecular flexibility index (Phi) is 4.19. The Morgan fingerprint density at radius 1 is 1.15 bits per heavy atom. The van der Waals surface area contributed by atoms with Crippen LogP contribution in [-0.4, -0.2) is 40.1 Å². The molecule has 2 heterocycles. The van der Waals surface area contributed by atoms with E-state index in [1.165, 1.54) is 0 Å². The number of carbonyl (C=O) groups excluding carboxylic acids is 2. The lowest BCUT2D eigenvalue weighted by molar-refractivity contribution is 0.1000. The van der Waals surface area contributed by atoms with Gasteiger partial charge in [0, 0.05) is 22.7 Å². The number of carbonyl (C=O) groups is 2. The molecule has 3 N–H and O–H groups in total. The second kappa shape index (κ2) is 6.68. The van der Waals surface area contributed by atoms with Gasteiger partial charge in [-0.05, 0) is 26.0 Å². The molecule has 0 saturated heterocycles. The minimum Gasteiger partial charge on any atom is -0.336 e. The fourth-order valence-corrected chi connectivity index (χ4v) is 3.12. The number of H-pyrrole nitrogens is 1. The van der Waals surface area contributed by atoms with Crippen LogP contribution in [0.25, 0.3) is 11.0 Å². The lowest BCUT2D eigenvalue weighted by Gasteiger charge is -2.16. The SMILES string of the molecule is CC(C)NC(=O)Nc1nc2ccc(C3=NCC(=O)c4ccccc43)cc2[nH]1. The van der Waals surface area contributed by atoms with Gasteiger partial charge in [-0.1, -0.05) is 30.3 Å². The van der Waals surface area contributed by atoms with Crippen LogP contribution in [0.1, 0.15) is 35.3 Å². The van der Waals surface area contributed by atoms with Gasteiger partial charge in [0.1, 0.15) is 6.54 Å². The molecule has 7 nitrogen and oxygen atoms in total. The van der Waals surface area contributed by atoms with E-state index in [2.05, 4.69) is 25.6 Å². The first-order valence-electron chi connectivity index (χ1n) is 8.76. The van der Waals surface area contributed by atoms with Gasteiger partial charge in [-0.2, -0.15) is 0 Å². The average molecular weight is 361 g/mol. The zero-order chi connectivity index (χ0) is 19.0. The Bertz CT molecular complexity index is 1080. The molecule has 0 spiro atoms. The number of Topliss-reactive ketones (excluding diaryl/α,β-unsaturated/α-hetero) is 1. The number of hydrogen-bond donors (Lipinski definition) is 3. The lowest BCUT2D eigenvalue weighted by atomic mass is 9.92. The first-order valence-corrected chi connectivity index (χ1v) is 8.76. The fourth-order valence-electron chi connectivity index (χ4n) is 3.12. The zero-order valence-corrected chi connectivity index (χ0v) is 15.0. The Hall–Kier alpha value is -3.48. The summed E-state index contributed by atoms with van der Waals surface area (Å²) in [6.45, 7) is 3.92. The van der Waals surface area contributed by atoms with Crippen LogP contribution in [0, 0.1) is 0 Å². The Morgan fingerprint density at radius 3 is 2.70 bits per heavy atom. The van der Waals surface area contributed by atoms with Crippen molar-refractivity contribution >= 4 is 34.5 Å². The third-order valence-corrected chi connectivity index (χ3v) is 4.27. The van der Waals surface area contributed by atoms with E-state index in [1.54, 1.807) is 0 Å². The zero-order valence-electron chi connectivity index (χ0n) is 15.0. The summed E-state index contributed by atoms with van der Waals surface area (Å²) in [4.78, 5) is 35.9. The number of fused-ring (bicyclic) bond motifs is 2. The van der Waals surface area contributed by atoms with Crippen LogP contribution >= 0.6 is 0 Å². The normalized spacial score (nSPS) is 13.4. The van der Waals surface area contributed by atoms with E-state index in [-0.39, 0.29) is 24.4 Å². The second-order valence-corrected chi connectivity index (χ2v) is 6.70. The van der Waals surface area contributed by atoms with Crippen molar-refractivity contribution in [3.8, 4) is 0 Å². The van der Waals surface area contributed by atoms with Crippen LogP contribution < -0.4 is 10.6 Å². The minimum absolute atomic E-state index is 0.0274. The van der Waals surface area contributed by atoms with Crippen molar-refractivity contribution in [2.75, 3.05) is 11.9 Å². The maximum atomic E-state index is 12.1. The van der Waals surface area contributed by atoms with Crippen LogP contribution in [0.2, 0.25) is 0 Å². The van der Waals surface area contributed by atoms with Crippen LogP contribution in [0.4, 0.5) is 10.7 Å². The molecule has 2 amide bonds. The molecule has 1 aliphatic heterocycles. The average Bonchev–Trinajstić information content (AvgIpc) is 3.02. The number of benzene rings is 2. The van der Waals surface area contributed by atoms with Crippen molar-refractivity contribution in [1.82, 2.24) is 15.3 Å². The van der Waals surface area contributed by atoms with E-state index in [4.69, 9.17) is 0 Å². The van der Waals surface area contributed by atoms with Crippen LogP contribution in [0.3, 0.4) is 0 Å². The predicted octanol–water partition coefficient (Wildman–Crippen LogP) is 3.13. The summed E-state index contributed by atoms with van der Waals surface area (Å²) in [6, 6.07) is 12.9. The number of imidazole rings is 1. The maximum Gasteiger partial charge on any atom is 0.321 e. The van der Waals surface area contributed by atoms with Gasteiger partial charge in [0.25, 0.3) is 0 Å². The van der Waals surface area contributed by atoms with E-state index >= 15 is 0 Å². The molecule has 0 aliphatic carbocycles. The molecule has 2 aromatic carbocycles. The van der Waals surface area contributed by atoms with E-state index in [0.717, 1.165) is 27.9 Å². The Balaban J connectivity index is 1.66. The molecule has 0 unspecified atom stereocenters. The molecule has 27 heavy (non-hydrogen) atoms. The number of aromatic amines is 1. The molecule has 4 rings (SSSR count). The maximum absolute atomic E-state index is 12.1. The number of anilines is 1. The third-order valence-electron chi connectivity index (χ3n) is 4.27. The van der Waals surface area contributed by atoms with Gasteiger partial charge >= 0.3 is 6.03 Å². The molecule has 0 atom stereocenters. The number of rotatable bonds is 3. The van der Waals surface area contributed by atoms with Gasteiger partial charge in [0.2, 0.25) is 5.95 Å². The largest absolute Gasteiger partial charge is 0.336 e. The number of nitrogens with zero attached hydrogens (tertiary/aromatic N) is 2. The molecule has 3 aromatic rings. The number of urea groups is 1. The predicted molar refractivity (Wildman–Crippen MR) is 105 cm³/mol. The number of nitrogens with one attached hydrogen (secondary N) is 3. The van der Waals surface area contributed by atoms with E-state index in [9.17, 15) is 9.59 Å². The van der Waals surface area contributed by atoms with Gasteiger partial charge in [-0.3, -0.25) is 15.1 Å². The summed E-state index contributed by atoms with van der Waals surface area (Å²) in [7, 11) is 0. The summed E-state index contributed by atoms with van der Waals surface area (Å²) in [5, 5.41) is 5.44. The molecule has 0 radical (unpaired) electrons. The molecule has 0 bridgehead atoms. The van der Waals surface area contributed by atoms with Crippen LogP contribution in [0.5, 0.6) is 0 Å². The highest BCUT2D eigenvalue weighted by molar-refractivity contribution is 6.22. The van der Waals surface area contributed by atoms with Crippen LogP contribution in [0.15, 0.2) is 47.5 Å². The summed E-state index contributed by atoms with van der Waals surface area (Å²) in [6.07, 6.45) is 0. The Labute approximate surface area is 155 Å². The van der Waals surface area contributed by atoms with E-state index in [0.29, 0.717) is 11.5 Å². The first kappa shape index (κ1) is 17.0. The van der Waals surface area contributed by atoms with Crippen molar-refractivity contribution in [2.24, 2.45) is 4.99 Å². The monoisotopic (exact) mass is 361 g/mol. The van der Waals surface area contributed by atoms with Crippen LogP contribution in [-0.2, 0) is 0 Å². The molecule has 0 fully saturated rings. The Morgan fingerprint density at radius 2 is 1.93 bits per heavy atom. The standard InChI is InChI=1S/C20H19N5O2/c1-11(2)22-20(27)25-19-23-15-8-7-12(9-16(15)24-19)18-14-6-4-3-5-13(14)17(26)10-21-18/h3-9,11H,10H2,1-2H3,(H3,22,23,24,25,27). The summed E-state index contributed by atoms with van der Waals surface area (Å²) in [5.74, 6) is 0.404. The smallest absolute Gasteiger partial charge is 0.321 e. The van der Waals surface area contributed by atoms with Crippen molar-refractivity contribution < 1.29 is 9.59 Å².